The van der Waals surface area contributed by atoms with E-state index >= 15 is 0 Å². The molecule has 4 nitrogen and oxygen atoms in total. The van der Waals surface area contributed by atoms with Crippen molar-refractivity contribution < 1.29 is 9.53 Å². The average molecular weight is 263 g/mol. The van der Waals surface area contributed by atoms with Gasteiger partial charge >= 0.3 is 0 Å². The molecule has 2 saturated heterocycles. The molecule has 2 aliphatic rings. The number of ether oxygens (including phenoxy) is 1. The number of amides is 1. The molecule has 0 aromatic heterocycles. The molecular formula is C12H23ClN2O2. The zero-order valence-electron chi connectivity index (χ0n) is 10.5. The van der Waals surface area contributed by atoms with Gasteiger partial charge in [0.25, 0.3) is 0 Å². The predicted octanol–water partition coefficient (Wildman–Crippen LogP) is 1.19. The van der Waals surface area contributed by atoms with Crippen molar-refractivity contribution in [3.8, 4) is 0 Å². The van der Waals surface area contributed by atoms with Gasteiger partial charge in [-0.05, 0) is 26.2 Å². The molecule has 0 saturated carbocycles. The first-order valence-electron chi connectivity index (χ1n) is 6.39. The van der Waals surface area contributed by atoms with Crippen LogP contribution >= 0.6 is 12.4 Å². The Labute approximate surface area is 109 Å². The molecule has 2 atom stereocenters. The van der Waals surface area contributed by atoms with Crippen LogP contribution in [0, 0.1) is 0 Å². The van der Waals surface area contributed by atoms with Gasteiger partial charge in [0.2, 0.25) is 5.91 Å². The number of halogens is 1. The monoisotopic (exact) mass is 262 g/mol. The van der Waals surface area contributed by atoms with Gasteiger partial charge in [0.15, 0.2) is 0 Å². The third kappa shape index (κ3) is 4.12. The molecule has 0 aliphatic carbocycles. The van der Waals surface area contributed by atoms with E-state index in [1.807, 2.05) is 4.90 Å². The number of nitrogens with zero attached hydrogens (tertiary/aromatic N) is 1. The van der Waals surface area contributed by atoms with Crippen molar-refractivity contribution in [1.82, 2.24) is 10.2 Å². The summed E-state index contributed by atoms with van der Waals surface area (Å²) in [5.41, 5.74) is 0. The highest BCUT2D eigenvalue weighted by Crippen LogP contribution is 2.18. The fraction of sp³-hybridized carbons (Fsp3) is 0.917. The molecule has 2 aliphatic heterocycles. The Kier molecular flexibility index (Phi) is 6.23. The first kappa shape index (κ1) is 14.7. The Balaban J connectivity index is 0.00000144. The van der Waals surface area contributed by atoms with E-state index in [0.717, 1.165) is 45.5 Å². The van der Waals surface area contributed by atoms with Gasteiger partial charge in [0, 0.05) is 38.7 Å². The number of nitrogens with one attached hydrogen (secondary N) is 1. The second kappa shape index (κ2) is 7.19. The largest absolute Gasteiger partial charge is 0.378 e. The molecule has 5 heteroatoms. The summed E-state index contributed by atoms with van der Waals surface area (Å²) in [5.74, 6) is 0.296. The second-order valence-corrected chi connectivity index (χ2v) is 4.81. The zero-order valence-corrected chi connectivity index (χ0v) is 11.3. The summed E-state index contributed by atoms with van der Waals surface area (Å²) in [6.07, 6.45) is 4.17. The topological polar surface area (TPSA) is 41.6 Å². The van der Waals surface area contributed by atoms with E-state index in [2.05, 4.69) is 12.2 Å². The molecule has 0 aromatic rings. The Morgan fingerprint density at radius 3 is 3.00 bits per heavy atom. The van der Waals surface area contributed by atoms with Crippen LogP contribution in [0.3, 0.4) is 0 Å². The summed E-state index contributed by atoms with van der Waals surface area (Å²) in [6.45, 7) is 5.69. The number of carbonyl (C=O) groups is 1. The molecule has 17 heavy (non-hydrogen) atoms. The summed E-state index contributed by atoms with van der Waals surface area (Å²) in [7, 11) is 0. The number of hydrogen-bond donors (Lipinski definition) is 1. The lowest BCUT2D eigenvalue weighted by Crippen LogP contribution is -2.52. The van der Waals surface area contributed by atoms with Crippen molar-refractivity contribution in [2.45, 2.75) is 44.8 Å². The Bertz CT molecular complexity index is 245. The van der Waals surface area contributed by atoms with Crippen LogP contribution in [0.15, 0.2) is 0 Å². The lowest BCUT2D eigenvalue weighted by molar-refractivity contribution is -0.134. The molecule has 1 unspecified atom stereocenters. The van der Waals surface area contributed by atoms with Gasteiger partial charge in [-0.2, -0.15) is 0 Å². The quantitative estimate of drug-likeness (QED) is 0.831. The second-order valence-electron chi connectivity index (χ2n) is 4.81. The summed E-state index contributed by atoms with van der Waals surface area (Å²) < 4.78 is 5.53. The minimum absolute atomic E-state index is 0. The maximum atomic E-state index is 12.0. The van der Waals surface area contributed by atoms with Crippen LogP contribution in [0.4, 0.5) is 0 Å². The van der Waals surface area contributed by atoms with Gasteiger partial charge < -0.3 is 15.0 Å². The molecule has 2 fully saturated rings. The average Bonchev–Trinajstić information content (AvgIpc) is 2.79. The molecule has 0 spiro atoms. The summed E-state index contributed by atoms with van der Waals surface area (Å²) >= 11 is 0. The van der Waals surface area contributed by atoms with Crippen molar-refractivity contribution in [2.75, 3.05) is 26.2 Å². The maximum Gasteiger partial charge on any atom is 0.222 e. The van der Waals surface area contributed by atoms with Crippen LogP contribution in [0.2, 0.25) is 0 Å². The van der Waals surface area contributed by atoms with Gasteiger partial charge in [0.05, 0.1) is 6.10 Å². The highest BCUT2D eigenvalue weighted by atomic mass is 35.5. The van der Waals surface area contributed by atoms with Crippen molar-refractivity contribution in [2.24, 2.45) is 0 Å². The van der Waals surface area contributed by atoms with E-state index < -0.39 is 0 Å². The van der Waals surface area contributed by atoms with E-state index in [0.29, 0.717) is 24.5 Å². The minimum atomic E-state index is 0. The normalized spacial score (nSPS) is 28.9. The van der Waals surface area contributed by atoms with Crippen LogP contribution in [0.5, 0.6) is 0 Å². The number of piperazine rings is 1. The molecular weight excluding hydrogens is 240 g/mol. The van der Waals surface area contributed by atoms with Gasteiger partial charge in [-0.1, -0.05) is 0 Å². The fourth-order valence-corrected chi connectivity index (χ4v) is 2.51. The summed E-state index contributed by atoms with van der Waals surface area (Å²) in [4.78, 5) is 14.0. The third-order valence-corrected chi connectivity index (χ3v) is 3.53. The first-order valence-corrected chi connectivity index (χ1v) is 6.39. The lowest BCUT2D eigenvalue weighted by atomic mass is 10.1. The van der Waals surface area contributed by atoms with Crippen molar-refractivity contribution in [3.63, 3.8) is 0 Å². The first-order chi connectivity index (χ1) is 7.77. The number of carbonyl (C=O) groups excluding carboxylic acids is 1. The Hall–Kier alpha value is -0.320. The van der Waals surface area contributed by atoms with Gasteiger partial charge in [-0.15, -0.1) is 12.4 Å². The summed E-state index contributed by atoms with van der Waals surface area (Å²) in [6, 6.07) is 0.339. The van der Waals surface area contributed by atoms with Crippen LogP contribution in [-0.4, -0.2) is 49.2 Å². The highest BCUT2D eigenvalue weighted by molar-refractivity contribution is 5.85. The zero-order chi connectivity index (χ0) is 11.4. The number of rotatable bonds is 3. The Morgan fingerprint density at radius 1 is 1.53 bits per heavy atom. The van der Waals surface area contributed by atoms with Gasteiger partial charge in [-0.25, -0.2) is 0 Å². The molecule has 1 amide bonds. The minimum Gasteiger partial charge on any atom is -0.378 e. The van der Waals surface area contributed by atoms with Crippen LogP contribution < -0.4 is 5.32 Å². The van der Waals surface area contributed by atoms with Crippen molar-refractivity contribution >= 4 is 18.3 Å². The SMILES string of the molecule is C[C@H]1CNCCN1C(=O)CCC1CCCO1.Cl. The lowest BCUT2D eigenvalue weighted by Gasteiger charge is -2.34. The Morgan fingerprint density at radius 2 is 2.35 bits per heavy atom. The maximum absolute atomic E-state index is 12.0. The molecule has 2 heterocycles. The van der Waals surface area contributed by atoms with Crippen LogP contribution in [-0.2, 0) is 9.53 Å². The smallest absolute Gasteiger partial charge is 0.222 e. The summed E-state index contributed by atoms with van der Waals surface area (Å²) in [5, 5.41) is 3.30. The van der Waals surface area contributed by atoms with E-state index in [-0.39, 0.29) is 12.4 Å². The van der Waals surface area contributed by atoms with E-state index in [1.165, 1.54) is 0 Å². The van der Waals surface area contributed by atoms with Crippen molar-refractivity contribution in [1.29, 1.82) is 0 Å². The number of hydrogen-bond acceptors (Lipinski definition) is 3. The van der Waals surface area contributed by atoms with E-state index in [1.54, 1.807) is 0 Å². The molecule has 0 aromatic carbocycles. The fourth-order valence-electron chi connectivity index (χ4n) is 2.51. The van der Waals surface area contributed by atoms with Gasteiger partial charge in [0.1, 0.15) is 0 Å². The van der Waals surface area contributed by atoms with E-state index in [9.17, 15) is 4.79 Å². The van der Waals surface area contributed by atoms with Crippen LogP contribution in [0.1, 0.15) is 32.6 Å². The standard InChI is InChI=1S/C12H22N2O2.ClH/c1-10-9-13-6-7-14(10)12(15)5-4-11-3-2-8-16-11;/h10-11,13H,2-9H2,1H3;1H/t10-,11?;/m0./s1. The molecule has 1 N–H and O–H groups in total. The predicted molar refractivity (Wildman–Crippen MR) is 69.5 cm³/mol. The molecule has 0 bridgehead atoms. The van der Waals surface area contributed by atoms with Gasteiger partial charge in [-0.3, -0.25) is 4.79 Å². The van der Waals surface area contributed by atoms with Crippen molar-refractivity contribution in [3.05, 3.63) is 0 Å². The third-order valence-electron chi connectivity index (χ3n) is 3.53. The highest BCUT2D eigenvalue weighted by Gasteiger charge is 2.24. The van der Waals surface area contributed by atoms with E-state index in [4.69, 9.17) is 4.74 Å². The molecule has 100 valence electrons. The molecule has 2 rings (SSSR count). The van der Waals surface area contributed by atoms with Crippen LogP contribution in [0.25, 0.3) is 0 Å². The molecule has 0 radical (unpaired) electrons.